The van der Waals surface area contributed by atoms with Crippen molar-refractivity contribution in [1.82, 2.24) is 20.2 Å². The molecule has 2 rings (SSSR count). The molecule has 7 nitrogen and oxygen atoms in total. The van der Waals surface area contributed by atoms with Crippen molar-refractivity contribution in [2.45, 2.75) is 23.1 Å². The average Bonchev–Trinajstić information content (AvgIpc) is 2.86. The molecule has 0 radical (unpaired) electrons. The van der Waals surface area contributed by atoms with Crippen LogP contribution in [-0.2, 0) is 16.6 Å². The van der Waals surface area contributed by atoms with Gasteiger partial charge in [0.15, 0.2) is 0 Å². The van der Waals surface area contributed by atoms with Crippen LogP contribution in [0.3, 0.4) is 0 Å². The minimum atomic E-state index is -0.557. The van der Waals surface area contributed by atoms with E-state index in [9.17, 15) is 4.79 Å². The molecule has 0 aliphatic carbocycles. The highest BCUT2D eigenvalue weighted by Crippen LogP contribution is 2.33. The zero-order chi connectivity index (χ0) is 15.4. The lowest BCUT2D eigenvalue weighted by Crippen LogP contribution is -2.26. The number of halogens is 1. The zero-order valence-corrected chi connectivity index (χ0v) is 13.3. The van der Waals surface area contributed by atoms with E-state index >= 15 is 0 Å². The maximum atomic E-state index is 11.9. The smallest absolute Gasteiger partial charge is 0.253 e. The first kappa shape index (κ1) is 15.7. The SMILES string of the molecule is CO[C@@H](C)C(=O)Nc1cc(Cl)ccc1Sc1nnnn1C. The summed E-state index contributed by atoms with van der Waals surface area (Å²) in [5.41, 5.74) is 0.587. The number of amides is 1. The summed E-state index contributed by atoms with van der Waals surface area (Å²) >= 11 is 7.32. The number of aromatic nitrogens is 4. The largest absolute Gasteiger partial charge is 0.372 e. The van der Waals surface area contributed by atoms with Gasteiger partial charge in [-0.15, -0.1) is 5.10 Å². The van der Waals surface area contributed by atoms with E-state index in [0.29, 0.717) is 15.9 Å². The number of rotatable bonds is 5. The molecule has 1 amide bonds. The fourth-order valence-corrected chi connectivity index (χ4v) is 2.41. The van der Waals surface area contributed by atoms with Gasteiger partial charge in [0.05, 0.1) is 5.69 Å². The van der Waals surface area contributed by atoms with Gasteiger partial charge in [0.25, 0.3) is 5.91 Å². The lowest BCUT2D eigenvalue weighted by atomic mass is 10.3. The zero-order valence-electron chi connectivity index (χ0n) is 11.7. The molecule has 1 aromatic heterocycles. The molecule has 0 spiro atoms. The number of tetrazole rings is 1. The van der Waals surface area contributed by atoms with Crippen LogP contribution < -0.4 is 5.32 Å². The summed E-state index contributed by atoms with van der Waals surface area (Å²) in [5, 5.41) is 15.2. The van der Waals surface area contributed by atoms with Crippen molar-refractivity contribution in [1.29, 1.82) is 0 Å². The Bertz CT molecular complexity index is 648. The van der Waals surface area contributed by atoms with E-state index < -0.39 is 6.10 Å². The summed E-state index contributed by atoms with van der Waals surface area (Å²) in [5.74, 6) is -0.252. The first-order valence-electron chi connectivity index (χ1n) is 6.04. The van der Waals surface area contributed by atoms with Gasteiger partial charge in [0.2, 0.25) is 5.16 Å². The number of aryl methyl sites for hydroxylation is 1. The number of benzene rings is 1. The van der Waals surface area contributed by atoms with Gasteiger partial charge in [-0.3, -0.25) is 4.79 Å². The number of carbonyl (C=O) groups excluding carboxylic acids is 1. The Morgan fingerprint density at radius 3 is 2.90 bits per heavy atom. The summed E-state index contributed by atoms with van der Waals surface area (Å²) < 4.78 is 6.54. The molecular formula is C12H14ClN5O2S. The van der Waals surface area contributed by atoms with Gasteiger partial charge in [-0.1, -0.05) is 11.6 Å². The highest BCUT2D eigenvalue weighted by molar-refractivity contribution is 7.99. The molecule has 1 heterocycles. The number of methoxy groups -OCH3 is 1. The van der Waals surface area contributed by atoms with Crippen LogP contribution in [0.2, 0.25) is 5.02 Å². The summed E-state index contributed by atoms with van der Waals surface area (Å²) in [6.07, 6.45) is -0.557. The van der Waals surface area contributed by atoms with Crippen molar-refractivity contribution in [2.24, 2.45) is 7.05 Å². The molecule has 112 valence electrons. The number of carbonyl (C=O) groups is 1. The normalized spacial score (nSPS) is 12.2. The summed E-state index contributed by atoms with van der Waals surface area (Å²) in [6.45, 7) is 1.67. The number of hydrogen-bond donors (Lipinski definition) is 1. The van der Waals surface area contributed by atoms with Crippen molar-refractivity contribution >= 4 is 35.0 Å². The molecule has 0 aliphatic heterocycles. The van der Waals surface area contributed by atoms with Crippen molar-refractivity contribution in [3.05, 3.63) is 23.2 Å². The number of anilines is 1. The molecule has 9 heteroatoms. The van der Waals surface area contributed by atoms with Crippen LogP contribution in [0.25, 0.3) is 0 Å². The van der Waals surface area contributed by atoms with Crippen LogP contribution in [-0.4, -0.2) is 39.3 Å². The molecule has 21 heavy (non-hydrogen) atoms. The average molecular weight is 328 g/mol. The highest BCUT2D eigenvalue weighted by atomic mass is 35.5. The topological polar surface area (TPSA) is 81.9 Å². The first-order chi connectivity index (χ1) is 10.0. The second-order valence-electron chi connectivity index (χ2n) is 4.19. The number of ether oxygens (including phenoxy) is 1. The Hall–Kier alpha value is -1.64. The van der Waals surface area contributed by atoms with Gasteiger partial charge in [-0.25, -0.2) is 4.68 Å². The highest BCUT2D eigenvalue weighted by Gasteiger charge is 2.16. The van der Waals surface area contributed by atoms with E-state index in [0.717, 1.165) is 4.90 Å². The molecule has 1 atom stereocenters. The fourth-order valence-electron chi connectivity index (χ4n) is 1.44. The molecular weight excluding hydrogens is 314 g/mol. The third-order valence-electron chi connectivity index (χ3n) is 2.70. The number of hydrogen-bond acceptors (Lipinski definition) is 6. The molecule has 0 saturated heterocycles. The van der Waals surface area contributed by atoms with Crippen LogP contribution in [0.4, 0.5) is 5.69 Å². The van der Waals surface area contributed by atoms with Gasteiger partial charge in [0.1, 0.15) is 6.10 Å². The van der Waals surface area contributed by atoms with Crippen LogP contribution in [0, 0.1) is 0 Å². The van der Waals surface area contributed by atoms with Crippen molar-refractivity contribution in [3.63, 3.8) is 0 Å². The Kier molecular flexibility index (Phi) is 5.16. The van der Waals surface area contributed by atoms with Gasteiger partial charge < -0.3 is 10.1 Å². The van der Waals surface area contributed by atoms with Gasteiger partial charge in [0, 0.05) is 24.1 Å². The lowest BCUT2D eigenvalue weighted by Gasteiger charge is -2.13. The van der Waals surface area contributed by atoms with E-state index in [4.69, 9.17) is 16.3 Å². The molecule has 1 aromatic carbocycles. The predicted molar refractivity (Wildman–Crippen MR) is 79.5 cm³/mol. The predicted octanol–water partition coefficient (Wildman–Crippen LogP) is 1.99. The molecule has 1 N–H and O–H groups in total. The maximum Gasteiger partial charge on any atom is 0.253 e. The molecule has 0 unspecified atom stereocenters. The molecule has 0 bridgehead atoms. The van der Waals surface area contributed by atoms with Crippen LogP contribution >= 0.6 is 23.4 Å². The van der Waals surface area contributed by atoms with E-state index in [1.165, 1.54) is 18.9 Å². The van der Waals surface area contributed by atoms with E-state index in [1.807, 2.05) is 0 Å². The molecule has 2 aromatic rings. The Morgan fingerprint density at radius 1 is 1.52 bits per heavy atom. The summed E-state index contributed by atoms with van der Waals surface area (Å²) in [4.78, 5) is 12.7. The van der Waals surface area contributed by atoms with Crippen LogP contribution in [0.15, 0.2) is 28.3 Å². The third kappa shape index (κ3) is 3.93. The second-order valence-corrected chi connectivity index (χ2v) is 5.64. The van der Waals surface area contributed by atoms with E-state index in [2.05, 4.69) is 20.8 Å². The quantitative estimate of drug-likeness (QED) is 0.904. The Balaban J connectivity index is 2.25. The summed E-state index contributed by atoms with van der Waals surface area (Å²) in [6, 6.07) is 5.21. The van der Waals surface area contributed by atoms with Gasteiger partial charge in [-0.05, 0) is 47.3 Å². The van der Waals surface area contributed by atoms with E-state index in [1.54, 1.807) is 36.9 Å². The van der Waals surface area contributed by atoms with Crippen LogP contribution in [0.1, 0.15) is 6.92 Å². The van der Waals surface area contributed by atoms with Gasteiger partial charge >= 0.3 is 0 Å². The minimum Gasteiger partial charge on any atom is -0.372 e. The maximum absolute atomic E-state index is 11.9. The van der Waals surface area contributed by atoms with Crippen molar-refractivity contribution in [3.8, 4) is 0 Å². The van der Waals surface area contributed by atoms with Crippen molar-refractivity contribution in [2.75, 3.05) is 12.4 Å². The first-order valence-corrected chi connectivity index (χ1v) is 7.24. The Morgan fingerprint density at radius 2 is 2.29 bits per heavy atom. The van der Waals surface area contributed by atoms with E-state index in [-0.39, 0.29) is 5.91 Å². The third-order valence-corrected chi connectivity index (χ3v) is 4.04. The number of nitrogens with one attached hydrogen (secondary N) is 1. The lowest BCUT2D eigenvalue weighted by molar-refractivity contribution is -0.124. The second kappa shape index (κ2) is 6.88. The molecule has 0 saturated carbocycles. The van der Waals surface area contributed by atoms with Gasteiger partial charge in [-0.2, -0.15) is 0 Å². The fraction of sp³-hybridized carbons (Fsp3) is 0.333. The Labute approximate surface area is 131 Å². The van der Waals surface area contributed by atoms with Crippen LogP contribution in [0.5, 0.6) is 0 Å². The molecule has 0 fully saturated rings. The van der Waals surface area contributed by atoms with Crippen molar-refractivity contribution < 1.29 is 9.53 Å². The standard InChI is InChI=1S/C12H14ClN5O2S/c1-7(20-3)11(19)14-9-6-8(13)4-5-10(9)21-12-15-16-17-18(12)2/h4-7H,1-3H3,(H,14,19)/t7-/m0/s1. The number of nitrogens with zero attached hydrogens (tertiary/aromatic N) is 4. The minimum absolute atomic E-state index is 0.252. The monoisotopic (exact) mass is 327 g/mol. The molecule has 0 aliphatic rings. The summed E-state index contributed by atoms with van der Waals surface area (Å²) in [7, 11) is 3.21.